The van der Waals surface area contributed by atoms with Crippen molar-refractivity contribution in [2.24, 2.45) is 11.3 Å². The van der Waals surface area contributed by atoms with E-state index in [4.69, 9.17) is 5.11 Å². The van der Waals surface area contributed by atoms with Crippen molar-refractivity contribution in [3.05, 3.63) is 17.5 Å². The molecule has 0 aliphatic carbocycles. The van der Waals surface area contributed by atoms with Gasteiger partial charge in [0.25, 0.3) is 0 Å². The first-order valence-corrected chi connectivity index (χ1v) is 7.10. The number of nitrogens with zero attached hydrogens (tertiary/aromatic N) is 1. The van der Waals surface area contributed by atoms with E-state index in [1.165, 1.54) is 6.92 Å². The number of carbonyl (C=O) groups is 3. The minimum absolute atomic E-state index is 0.0219. The van der Waals surface area contributed by atoms with Gasteiger partial charge in [-0.05, 0) is 25.3 Å². The number of carboxylic acid groups (broad SMARTS) is 1. The molecule has 1 aromatic rings. The van der Waals surface area contributed by atoms with Crippen LogP contribution in [0.25, 0.3) is 0 Å². The normalized spacial score (nSPS) is 14.2. The van der Waals surface area contributed by atoms with Crippen molar-refractivity contribution in [2.45, 2.75) is 47.1 Å². The SMILES string of the molecule is Cc1cc(C(=O)C[C@H](C(=O)N[C@@H](C)C(=O)O)C(C)(C)C)n[nH]1. The monoisotopic (exact) mass is 309 g/mol. The molecule has 1 amide bonds. The van der Waals surface area contributed by atoms with Gasteiger partial charge in [0.1, 0.15) is 11.7 Å². The third-order valence-corrected chi connectivity index (χ3v) is 3.47. The Hall–Kier alpha value is -2.18. The zero-order valence-electron chi connectivity index (χ0n) is 13.6. The standard InChI is InChI=1S/C15H23N3O4/c1-8-6-11(18-17-8)12(19)7-10(15(3,4)5)13(20)16-9(2)14(21)22/h6,9-10H,7H2,1-5H3,(H,16,20)(H,17,18)(H,21,22)/t9-,10+/m0/s1. The Balaban J connectivity index is 2.88. The lowest BCUT2D eigenvalue weighted by molar-refractivity contribution is -0.142. The number of ketones is 1. The molecule has 2 atom stereocenters. The van der Waals surface area contributed by atoms with Crippen LogP contribution in [0.1, 0.15) is 50.3 Å². The number of aromatic nitrogens is 2. The van der Waals surface area contributed by atoms with Gasteiger partial charge >= 0.3 is 5.97 Å². The molecule has 0 aliphatic heterocycles. The summed E-state index contributed by atoms with van der Waals surface area (Å²) in [4.78, 5) is 35.4. The van der Waals surface area contributed by atoms with Gasteiger partial charge in [-0.2, -0.15) is 5.10 Å². The van der Waals surface area contributed by atoms with Gasteiger partial charge in [0.05, 0.1) is 5.92 Å². The second-order valence-corrected chi connectivity index (χ2v) is 6.55. The fourth-order valence-electron chi connectivity index (χ4n) is 2.02. The highest BCUT2D eigenvalue weighted by Crippen LogP contribution is 2.30. The summed E-state index contributed by atoms with van der Waals surface area (Å²) in [5.74, 6) is -2.44. The second kappa shape index (κ2) is 6.72. The van der Waals surface area contributed by atoms with Crippen LogP contribution in [0.2, 0.25) is 0 Å². The van der Waals surface area contributed by atoms with Crippen LogP contribution < -0.4 is 5.32 Å². The number of carboxylic acids is 1. The molecular formula is C15H23N3O4. The summed E-state index contributed by atoms with van der Waals surface area (Å²) in [6.07, 6.45) is -0.0219. The van der Waals surface area contributed by atoms with Gasteiger partial charge in [-0.1, -0.05) is 20.8 Å². The third kappa shape index (κ3) is 4.68. The highest BCUT2D eigenvalue weighted by Gasteiger charge is 2.35. The highest BCUT2D eigenvalue weighted by atomic mass is 16.4. The summed E-state index contributed by atoms with van der Waals surface area (Å²) < 4.78 is 0. The molecule has 0 radical (unpaired) electrons. The molecule has 1 rings (SSSR count). The van der Waals surface area contributed by atoms with Crippen molar-refractivity contribution in [1.29, 1.82) is 0 Å². The first kappa shape index (κ1) is 17.9. The lowest BCUT2D eigenvalue weighted by atomic mass is 9.77. The molecule has 0 unspecified atom stereocenters. The highest BCUT2D eigenvalue weighted by molar-refractivity contribution is 5.97. The molecule has 7 heteroatoms. The van der Waals surface area contributed by atoms with Crippen LogP contribution in [0.5, 0.6) is 0 Å². The molecule has 0 bridgehead atoms. The van der Waals surface area contributed by atoms with E-state index in [9.17, 15) is 14.4 Å². The van der Waals surface area contributed by atoms with Crippen LogP contribution in [0.15, 0.2) is 6.07 Å². The Morgan fingerprint density at radius 1 is 1.36 bits per heavy atom. The molecule has 0 saturated heterocycles. The fraction of sp³-hybridized carbons (Fsp3) is 0.600. The molecule has 0 saturated carbocycles. The summed E-state index contributed by atoms with van der Waals surface area (Å²) in [6.45, 7) is 8.69. The van der Waals surface area contributed by atoms with Crippen molar-refractivity contribution in [3.8, 4) is 0 Å². The molecule has 0 aromatic carbocycles. The van der Waals surface area contributed by atoms with E-state index >= 15 is 0 Å². The van der Waals surface area contributed by atoms with E-state index in [2.05, 4.69) is 15.5 Å². The summed E-state index contributed by atoms with van der Waals surface area (Å²) in [5, 5.41) is 17.9. The van der Waals surface area contributed by atoms with E-state index in [0.717, 1.165) is 5.69 Å². The Morgan fingerprint density at radius 3 is 2.36 bits per heavy atom. The van der Waals surface area contributed by atoms with Gasteiger partial charge in [0.2, 0.25) is 5.91 Å². The smallest absolute Gasteiger partial charge is 0.325 e. The Kier molecular flexibility index (Phi) is 5.46. The van der Waals surface area contributed by atoms with Crippen molar-refractivity contribution < 1.29 is 19.5 Å². The van der Waals surface area contributed by atoms with Gasteiger partial charge in [0, 0.05) is 12.1 Å². The lowest BCUT2D eigenvalue weighted by Gasteiger charge is -2.29. The second-order valence-electron chi connectivity index (χ2n) is 6.55. The van der Waals surface area contributed by atoms with Crippen LogP contribution in [0.4, 0.5) is 0 Å². The van der Waals surface area contributed by atoms with Crippen molar-refractivity contribution in [2.75, 3.05) is 0 Å². The van der Waals surface area contributed by atoms with Crippen molar-refractivity contribution >= 4 is 17.7 Å². The van der Waals surface area contributed by atoms with Crippen molar-refractivity contribution in [1.82, 2.24) is 15.5 Å². The summed E-state index contributed by atoms with van der Waals surface area (Å²) in [7, 11) is 0. The lowest BCUT2D eigenvalue weighted by Crippen LogP contribution is -2.45. The van der Waals surface area contributed by atoms with E-state index in [1.807, 2.05) is 20.8 Å². The number of rotatable bonds is 6. The molecule has 0 spiro atoms. The number of hydrogen-bond acceptors (Lipinski definition) is 4. The Labute approximate surface area is 129 Å². The minimum atomic E-state index is -1.12. The molecular weight excluding hydrogens is 286 g/mol. The maximum Gasteiger partial charge on any atom is 0.325 e. The van der Waals surface area contributed by atoms with Gasteiger partial charge in [-0.25, -0.2) is 0 Å². The Morgan fingerprint density at radius 2 is 1.95 bits per heavy atom. The predicted molar refractivity (Wildman–Crippen MR) is 80.5 cm³/mol. The van der Waals surface area contributed by atoms with Crippen LogP contribution in [-0.4, -0.2) is 39.0 Å². The fourth-order valence-corrected chi connectivity index (χ4v) is 2.02. The van der Waals surface area contributed by atoms with E-state index in [1.54, 1.807) is 13.0 Å². The van der Waals surface area contributed by atoms with Crippen LogP contribution in [-0.2, 0) is 9.59 Å². The molecule has 22 heavy (non-hydrogen) atoms. The first-order valence-electron chi connectivity index (χ1n) is 7.10. The van der Waals surface area contributed by atoms with E-state index in [0.29, 0.717) is 0 Å². The van der Waals surface area contributed by atoms with Crippen LogP contribution in [0, 0.1) is 18.3 Å². The summed E-state index contributed by atoms with van der Waals surface area (Å²) >= 11 is 0. The molecule has 122 valence electrons. The number of Topliss-reactive ketones (excluding diaryl/α,β-unsaturated/α-hetero) is 1. The minimum Gasteiger partial charge on any atom is -0.480 e. The number of aliphatic carboxylic acids is 1. The zero-order chi connectivity index (χ0) is 17.1. The van der Waals surface area contributed by atoms with Gasteiger partial charge in [-0.3, -0.25) is 19.5 Å². The number of H-pyrrole nitrogens is 1. The van der Waals surface area contributed by atoms with E-state index < -0.39 is 29.3 Å². The summed E-state index contributed by atoms with van der Waals surface area (Å²) in [5.41, 5.74) is 0.564. The number of carbonyl (C=O) groups excluding carboxylic acids is 2. The molecule has 0 fully saturated rings. The summed E-state index contributed by atoms with van der Waals surface area (Å²) in [6, 6.07) is 0.625. The maximum atomic E-state index is 12.3. The van der Waals surface area contributed by atoms with Crippen molar-refractivity contribution in [3.63, 3.8) is 0 Å². The Bertz CT molecular complexity index is 572. The topological polar surface area (TPSA) is 112 Å². The molecule has 1 heterocycles. The third-order valence-electron chi connectivity index (χ3n) is 3.47. The number of nitrogens with one attached hydrogen (secondary N) is 2. The average molecular weight is 309 g/mol. The largest absolute Gasteiger partial charge is 0.480 e. The molecule has 3 N–H and O–H groups in total. The zero-order valence-corrected chi connectivity index (χ0v) is 13.6. The molecule has 7 nitrogen and oxygen atoms in total. The van der Waals surface area contributed by atoms with E-state index in [-0.39, 0.29) is 17.9 Å². The van der Waals surface area contributed by atoms with Gasteiger partial charge in [-0.15, -0.1) is 0 Å². The van der Waals surface area contributed by atoms with Crippen LogP contribution >= 0.6 is 0 Å². The number of aromatic amines is 1. The number of hydrogen-bond donors (Lipinski definition) is 3. The number of aryl methyl sites for hydroxylation is 1. The van der Waals surface area contributed by atoms with Crippen LogP contribution in [0.3, 0.4) is 0 Å². The van der Waals surface area contributed by atoms with Gasteiger partial charge < -0.3 is 10.4 Å². The predicted octanol–water partition coefficient (Wildman–Crippen LogP) is 1.54. The number of amides is 1. The van der Waals surface area contributed by atoms with Gasteiger partial charge in [0.15, 0.2) is 5.78 Å². The quantitative estimate of drug-likeness (QED) is 0.690. The molecule has 0 aliphatic rings. The molecule has 1 aromatic heterocycles. The maximum absolute atomic E-state index is 12.3. The first-order chi connectivity index (χ1) is 10.0. The average Bonchev–Trinajstić information content (AvgIpc) is 2.80.